The third-order valence-electron chi connectivity index (χ3n) is 7.29. The van der Waals surface area contributed by atoms with E-state index in [2.05, 4.69) is 19.8 Å². The number of carbonyl (C=O) groups excluding carboxylic acids is 1. The molecule has 1 saturated carbocycles. The monoisotopic (exact) mass is 445 g/mol. The Morgan fingerprint density at radius 2 is 1.88 bits per heavy atom. The Labute approximate surface area is 182 Å². The fourth-order valence-corrected chi connectivity index (χ4v) is 5.34. The minimum atomic E-state index is -4.60. The summed E-state index contributed by atoms with van der Waals surface area (Å²) >= 11 is 0. The Balaban J connectivity index is 1.38. The van der Waals surface area contributed by atoms with Crippen LogP contribution in [0.3, 0.4) is 0 Å². The molecule has 168 valence electrons. The van der Waals surface area contributed by atoms with Crippen LogP contribution in [0, 0.1) is 5.92 Å². The summed E-state index contributed by atoms with van der Waals surface area (Å²) in [6.45, 7) is 3.71. The number of carbonyl (C=O) groups is 1. The molecule has 2 aromatic heterocycles. The Morgan fingerprint density at radius 1 is 1.09 bits per heavy atom. The predicted molar refractivity (Wildman–Crippen MR) is 111 cm³/mol. The van der Waals surface area contributed by atoms with Gasteiger partial charge >= 0.3 is 6.18 Å². The highest BCUT2D eigenvalue weighted by molar-refractivity contribution is 5.77. The largest absolute Gasteiger partial charge is 0.419 e. The molecule has 6 heterocycles. The number of aromatic nitrogens is 3. The Hall–Kier alpha value is -3.11. The molecule has 32 heavy (non-hydrogen) atoms. The number of rotatable bonds is 3. The molecule has 2 aromatic rings. The van der Waals surface area contributed by atoms with Crippen LogP contribution in [0.2, 0.25) is 0 Å². The minimum Gasteiger partial charge on any atom is -0.383 e. The van der Waals surface area contributed by atoms with E-state index in [0.29, 0.717) is 42.5 Å². The van der Waals surface area contributed by atoms with Gasteiger partial charge in [0.15, 0.2) is 0 Å². The molecule has 8 nitrogen and oxygen atoms in total. The van der Waals surface area contributed by atoms with E-state index in [1.165, 1.54) is 6.20 Å². The van der Waals surface area contributed by atoms with E-state index in [0.717, 1.165) is 25.5 Å². The third-order valence-corrected chi connectivity index (χ3v) is 7.29. The Kier molecular flexibility index (Phi) is 3.95. The summed E-state index contributed by atoms with van der Waals surface area (Å²) in [5.74, 6) is 1.35. The van der Waals surface area contributed by atoms with Gasteiger partial charge in [-0.2, -0.15) is 18.2 Å². The molecular formula is C21H22F3N7O. The van der Waals surface area contributed by atoms with Crippen LogP contribution in [0.1, 0.15) is 25.3 Å². The lowest BCUT2D eigenvalue weighted by Crippen LogP contribution is -2.80. The third kappa shape index (κ3) is 2.82. The normalized spacial score (nSPS) is 28.1. The van der Waals surface area contributed by atoms with Crippen molar-refractivity contribution in [2.45, 2.75) is 44.1 Å². The van der Waals surface area contributed by atoms with E-state index in [4.69, 9.17) is 10.7 Å². The van der Waals surface area contributed by atoms with Crippen molar-refractivity contribution in [3.05, 3.63) is 23.9 Å². The number of anilines is 3. The second-order valence-corrected chi connectivity index (χ2v) is 9.17. The fourth-order valence-electron chi connectivity index (χ4n) is 5.34. The average molecular weight is 445 g/mol. The maximum Gasteiger partial charge on any atom is 0.419 e. The first-order valence-electron chi connectivity index (χ1n) is 10.7. The van der Waals surface area contributed by atoms with Crippen LogP contribution in [0.5, 0.6) is 0 Å². The summed E-state index contributed by atoms with van der Waals surface area (Å²) < 4.78 is 40.2. The number of nitrogens with two attached hydrogens (primary N) is 1. The van der Waals surface area contributed by atoms with Crippen molar-refractivity contribution in [3.8, 4) is 11.3 Å². The lowest BCUT2D eigenvalue weighted by molar-refractivity contribution is -0.141. The number of hydrogen-bond donors (Lipinski definition) is 1. The van der Waals surface area contributed by atoms with Crippen LogP contribution >= 0.6 is 0 Å². The topological polar surface area (TPSA) is 91.5 Å². The van der Waals surface area contributed by atoms with E-state index in [1.54, 1.807) is 13.0 Å². The first-order valence-corrected chi connectivity index (χ1v) is 10.7. The van der Waals surface area contributed by atoms with Gasteiger partial charge in [-0.25, -0.2) is 9.97 Å². The molecule has 5 fully saturated rings. The number of nitrogens with zero attached hydrogens (tertiary/aromatic N) is 6. The molecule has 1 aliphatic carbocycles. The van der Waals surface area contributed by atoms with Crippen molar-refractivity contribution in [2.75, 3.05) is 35.2 Å². The molecule has 4 aliphatic heterocycles. The second-order valence-electron chi connectivity index (χ2n) is 9.17. The lowest BCUT2D eigenvalue weighted by atomic mass is 9.85. The van der Waals surface area contributed by atoms with Crippen molar-refractivity contribution < 1.29 is 18.0 Å². The van der Waals surface area contributed by atoms with Crippen molar-refractivity contribution in [1.29, 1.82) is 0 Å². The molecule has 0 aromatic carbocycles. The highest BCUT2D eigenvalue weighted by Crippen LogP contribution is 2.44. The fraction of sp³-hybridized carbons (Fsp3) is 0.524. The summed E-state index contributed by atoms with van der Waals surface area (Å²) in [4.78, 5) is 31.0. The smallest absolute Gasteiger partial charge is 0.383 e. The highest BCUT2D eigenvalue weighted by Gasteiger charge is 2.53. The summed E-state index contributed by atoms with van der Waals surface area (Å²) in [5.41, 5.74) is 5.15. The lowest BCUT2D eigenvalue weighted by Gasteiger charge is -2.62. The maximum atomic E-state index is 13.4. The predicted octanol–water partition coefficient (Wildman–Crippen LogP) is 2.16. The molecule has 4 saturated heterocycles. The quantitative estimate of drug-likeness (QED) is 0.774. The minimum absolute atomic E-state index is 0.0550. The molecule has 1 unspecified atom stereocenters. The number of likely N-dealkylation sites (tertiary alicyclic amines) is 1. The van der Waals surface area contributed by atoms with Crippen LogP contribution in [-0.4, -0.2) is 63.5 Å². The van der Waals surface area contributed by atoms with Crippen molar-refractivity contribution >= 4 is 23.5 Å². The van der Waals surface area contributed by atoms with Gasteiger partial charge in [0.25, 0.3) is 0 Å². The van der Waals surface area contributed by atoms with Gasteiger partial charge in [0.2, 0.25) is 11.9 Å². The van der Waals surface area contributed by atoms with Gasteiger partial charge < -0.3 is 20.4 Å². The number of halogens is 3. The molecule has 0 radical (unpaired) electrons. The zero-order valence-electron chi connectivity index (χ0n) is 17.4. The van der Waals surface area contributed by atoms with Crippen molar-refractivity contribution in [2.24, 2.45) is 5.92 Å². The van der Waals surface area contributed by atoms with Crippen LogP contribution in [-0.2, 0) is 11.0 Å². The number of nitrogen functional groups attached to an aromatic ring is 1. The summed E-state index contributed by atoms with van der Waals surface area (Å²) in [5, 5.41) is 0. The first-order chi connectivity index (χ1) is 15.2. The van der Waals surface area contributed by atoms with Crippen LogP contribution < -0.4 is 15.5 Å². The molecule has 5 aliphatic rings. The zero-order chi connectivity index (χ0) is 22.4. The number of amides is 1. The van der Waals surface area contributed by atoms with E-state index in [-0.39, 0.29) is 23.6 Å². The highest BCUT2D eigenvalue weighted by atomic mass is 19.4. The number of fused-ring (bicyclic) bond motifs is 2. The van der Waals surface area contributed by atoms with E-state index in [9.17, 15) is 18.0 Å². The first kappa shape index (κ1) is 19.6. The van der Waals surface area contributed by atoms with E-state index < -0.39 is 17.6 Å². The van der Waals surface area contributed by atoms with Gasteiger partial charge in [0.05, 0.1) is 23.3 Å². The standard InChI is InChI=1S/C21H22F3N7O/c1-10(32)29-8-17-16(29)9-31(17)18-5-15(12-4-14(21(22,23)24)19(25)26-6-12)27-20(28-18)30-7-11-2-13(30)3-11/h4-6,11,13,16-17H,2-3,7-9H2,1H3,(H2,25,26)/t11?,13?,16?,17-/m1/s1. The molecule has 7 rings (SSSR count). The number of hydrogen-bond acceptors (Lipinski definition) is 7. The maximum absolute atomic E-state index is 13.4. The van der Waals surface area contributed by atoms with Crippen LogP contribution in [0.4, 0.5) is 30.8 Å². The summed E-state index contributed by atoms with van der Waals surface area (Å²) in [7, 11) is 0. The molecular weight excluding hydrogens is 423 g/mol. The van der Waals surface area contributed by atoms with Gasteiger partial charge in [-0.05, 0) is 24.8 Å². The molecule has 11 heteroatoms. The van der Waals surface area contributed by atoms with Gasteiger partial charge in [-0.3, -0.25) is 4.79 Å². The Bertz CT molecular complexity index is 1120. The number of piperazine rings is 1. The van der Waals surface area contributed by atoms with Gasteiger partial charge in [-0.15, -0.1) is 0 Å². The summed E-state index contributed by atoms with van der Waals surface area (Å²) in [6.07, 6.45) is -1.07. The molecule has 2 bridgehead atoms. The molecule has 0 spiro atoms. The van der Waals surface area contributed by atoms with Crippen molar-refractivity contribution in [1.82, 2.24) is 19.9 Å². The second kappa shape index (κ2) is 6.46. The van der Waals surface area contributed by atoms with Crippen LogP contribution in [0.15, 0.2) is 18.3 Å². The molecule has 2 atom stereocenters. The zero-order valence-corrected chi connectivity index (χ0v) is 17.4. The van der Waals surface area contributed by atoms with Crippen molar-refractivity contribution in [3.63, 3.8) is 0 Å². The average Bonchev–Trinajstić information content (AvgIpc) is 3.30. The number of alkyl halides is 3. The van der Waals surface area contributed by atoms with Gasteiger partial charge in [-0.1, -0.05) is 0 Å². The SMILES string of the molecule is CC(=O)N1C[C@@H]2C1CN2c1cc(-c2cnc(N)c(C(F)(F)F)c2)nc(N2CC3CC2C3)n1. The van der Waals surface area contributed by atoms with E-state index >= 15 is 0 Å². The van der Waals surface area contributed by atoms with Gasteiger partial charge in [0.1, 0.15) is 11.6 Å². The van der Waals surface area contributed by atoms with E-state index in [1.807, 2.05) is 4.90 Å². The molecule has 2 N–H and O–H groups in total. The van der Waals surface area contributed by atoms with Crippen LogP contribution in [0.25, 0.3) is 11.3 Å². The molecule has 1 amide bonds. The summed E-state index contributed by atoms with van der Waals surface area (Å²) in [6, 6.07) is 3.45. The number of pyridine rings is 1. The van der Waals surface area contributed by atoms with Gasteiger partial charge in [0, 0.05) is 50.4 Å². The Morgan fingerprint density at radius 3 is 2.47 bits per heavy atom.